The highest BCUT2D eigenvalue weighted by molar-refractivity contribution is 5.84. The normalized spacial score (nSPS) is 12.3. The van der Waals surface area contributed by atoms with Gasteiger partial charge in [-0.05, 0) is 23.1 Å². The van der Waals surface area contributed by atoms with E-state index in [9.17, 15) is 9.90 Å². The predicted octanol–water partition coefficient (Wildman–Crippen LogP) is 2.43. The van der Waals surface area contributed by atoms with E-state index in [0.717, 1.165) is 12.0 Å². The highest BCUT2D eigenvalue weighted by Gasteiger charge is 2.15. The van der Waals surface area contributed by atoms with E-state index in [-0.39, 0.29) is 0 Å². The number of carbonyl (C=O) groups excluding carboxylic acids is 1. The number of aliphatic hydroxyl groups is 1. The minimum Gasteiger partial charge on any atom is -0.378 e. The predicted molar refractivity (Wildman–Crippen MR) is 83.0 cm³/mol. The largest absolute Gasteiger partial charge is 0.378 e. The Labute approximate surface area is 124 Å². The third-order valence-electron chi connectivity index (χ3n) is 3.14. The Bertz CT molecular complexity index is 606. The third-order valence-corrected chi connectivity index (χ3v) is 3.14. The lowest BCUT2D eigenvalue weighted by atomic mass is 10.1. The van der Waals surface area contributed by atoms with Crippen LogP contribution in [0, 0.1) is 0 Å². The first-order valence-electron chi connectivity index (χ1n) is 6.85. The van der Waals surface area contributed by atoms with Gasteiger partial charge in [-0.3, -0.25) is 4.79 Å². The molecule has 2 aromatic rings. The molecule has 4 heteroatoms. The van der Waals surface area contributed by atoms with Gasteiger partial charge in [-0.15, -0.1) is 0 Å². The molecule has 0 radical (unpaired) electrons. The van der Waals surface area contributed by atoms with Crippen molar-refractivity contribution in [2.24, 2.45) is 5.10 Å². The van der Waals surface area contributed by atoms with E-state index in [2.05, 4.69) is 17.5 Å². The lowest BCUT2D eigenvalue weighted by molar-refractivity contribution is -0.129. The van der Waals surface area contributed by atoms with Crippen LogP contribution < -0.4 is 5.43 Å². The second kappa shape index (κ2) is 7.36. The first-order chi connectivity index (χ1) is 10.2. The zero-order valence-electron chi connectivity index (χ0n) is 11.9. The van der Waals surface area contributed by atoms with Crippen molar-refractivity contribution in [1.29, 1.82) is 0 Å². The van der Waals surface area contributed by atoms with Crippen molar-refractivity contribution in [2.75, 3.05) is 0 Å². The number of rotatable bonds is 5. The molecule has 0 fully saturated rings. The second-order valence-electron chi connectivity index (χ2n) is 4.64. The SMILES string of the molecule is CCc1ccc(/C=N\NC(=O)[C@@H](O)c2ccccc2)cc1. The second-order valence-corrected chi connectivity index (χ2v) is 4.64. The molecular formula is C17H18N2O2. The van der Waals surface area contributed by atoms with E-state index in [1.54, 1.807) is 30.5 Å². The number of aliphatic hydroxyl groups excluding tert-OH is 1. The summed E-state index contributed by atoms with van der Waals surface area (Å²) in [5, 5.41) is 13.7. The van der Waals surface area contributed by atoms with Crippen LogP contribution in [0.25, 0.3) is 0 Å². The van der Waals surface area contributed by atoms with E-state index < -0.39 is 12.0 Å². The molecule has 0 aliphatic rings. The molecule has 0 aliphatic heterocycles. The Morgan fingerprint density at radius 3 is 2.48 bits per heavy atom. The molecule has 2 aromatic carbocycles. The zero-order chi connectivity index (χ0) is 15.1. The lowest BCUT2D eigenvalue weighted by Gasteiger charge is -2.08. The van der Waals surface area contributed by atoms with Crippen LogP contribution in [0.1, 0.15) is 29.7 Å². The topological polar surface area (TPSA) is 61.7 Å². The van der Waals surface area contributed by atoms with Gasteiger partial charge < -0.3 is 5.11 Å². The van der Waals surface area contributed by atoms with E-state index in [1.807, 2.05) is 30.3 Å². The first-order valence-corrected chi connectivity index (χ1v) is 6.85. The highest BCUT2D eigenvalue weighted by atomic mass is 16.3. The number of nitrogens with one attached hydrogen (secondary N) is 1. The van der Waals surface area contributed by atoms with Crippen molar-refractivity contribution in [3.63, 3.8) is 0 Å². The minimum atomic E-state index is -1.22. The van der Waals surface area contributed by atoms with Crippen molar-refractivity contribution in [3.8, 4) is 0 Å². The number of benzene rings is 2. The van der Waals surface area contributed by atoms with E-state index >= 15 is 0 Å². The van der Waals surface area contributed by atoms with Crippen LogP contribution in [0.5, 0.6) is 0 Å². The molecule has 1 atom stereocenters. The fraction of sp³-hybridized carbons (Fsp3) is 0.176. The van der Waals surface area contributed by atoms with Crippen LogP contribution in [0.2, 0.25) is 0 Å². The molecule has 0 heterocycles. The van der Waals surface area contributed by atoms with Crippen LogP contribution in [0.4, 0.5) is 0 Å². The molecule has 21 heavy (non-hydrogen) atoms. The van der Waals surface area contributed by atoms with Gasteiger partial charge >= 0.3 is 0 Å². The van der Waals surface area contributed by atoms with E-state index in [4.69, 9.17) is 0 Å². The Balaban J connectivity index is 1.92. The van der Waals surface area contributed by atoms with Gasteiger partial charge in [0.1, 0.15) is 0 Å². The summed E-state index contributed by atoms with van der Waals surface area (Å²) < 4.78 is 0. The van der Waals surface area contributed by atoms with Gasteiger partial charge in [0.2, 0.25) is 0 Å². The molecule has 108 valence electrons. The fourth-order valence-electron chi connectivity index (χ4n) is 1.86. The van der Waals surface area contributed by atoms with Crippen LogP contribution in [0.15, 0.2) is 59.7 Å². The molecule has 2 rings (SSSR count). The van der Waals surface area contributed by atoms with Crippen molar-refractivity contribution in [2.45, 2.75) is 19.4 Å². The van der Waals surface area contributed by atoms with Gasteiger partial charge in [0, 0.05) is 0 Å². The average Bonchev–Trinajstić information content (AvgIpc) is 2.55. The Morgan fingerprint density at radius 1 is 1.19 bits per heavy atom. The molecule has 0 bridgehead atoms. The van der Waals surface area contributed by atoms with Crippen molar-refractivity contribution in [3.05, 3.63) is 71.3 Å². The van der Waals surface area contributed by atoms with Crippen LogP contribution in [-0.4, -0.2) is 17.2 Å². The zero-order valence-corrected chi connectivity index (χ0v) is 11.9. The van der Waals surface area contributed by atoms with Crippen molar-refractivity contribution >= 4 is 12.1 Å². The summed E-state index contributed by atoms with van der Waals surface area (Å²) in [4.78, 5) is 11.8. The number of amides is 1. The average molecular weight is 282 g/mol. The summed E-state index contributed by atoms with van der Waals surface area (Å²) in [5.74, 6) is -0.553. The first kappa shape index (κ1) is 14.9. The van der Waals surface area contributed by atoms with Crippen LogP contribution in [0.3, 0.4) is 0 Å². The van der Waals surface area contributed by atoms with E-state index in [0.29, 0.717) is 5.56 Å². The summed E-state index contributed by atoms with van der Waals surface area (Å²) in [7, 11) is 0. The van der Waals surface area contributed by atoms with Crippen LogP contribution >= 0.6 is 0 Å². The van der Waals surface area contributed by atoms with Gasteiger partial charge in [-0.1, -0.05) is 61.5 Å². The Kier molecular flexibility index (Phi) is 5.23. The molecule has 0 saturated carbocycles. The number of aryl methyl sites for hydroxylation is 1. The number of hydrogen-bond acceptors (Lipinski definition) is 3. The molecule has 1 amide bonds. The summed E-state index contributed by atoms with van der Waals surface area (Å²) in [5.41, 5.74) is 5.01. The number of hydrazone groups is 1. The number of carbonyl (C=O) groups is 1. The van der Waals surface area contributed by atoms with E-state index in [1.165, 1.54) is 5.56 Å². The summed E-state index contributed by atoms with van der Waals surface area (Å²) in [6.45, 7) is 2.09. The summed E-state index contributed by atoms with van der Waals surface area (Å²) in [6, 6.07) is 16.6. The lowest BCUT2D eigenvalue weighted by Crippen LogP contribution is -2.25. The number of nitrogens with zero attached hydrogens (tertiary/aromatic N) is 1. The molecular weight excluding hydrogens is 264 g/mol. The standard InChI is InChI=1S/C17H18N2O2/c1-2-13-8-10-14(11-9-13)12-18-19-17(21)16(20)15-6-4-3-5-7-15/h3-12,16,20H,2H2,1H3,(H,19,21)/b18-12-/t16-/m0/s1. The molecule has 2 N–H and O–H groups in total. The van der Waals surface area contributed by atoms with Crippen molar-refractivity contribution in [1.82, 2.24) is 5.43 Å². The monoisotopic (exact) mass is 282 g/mol. The molecule has 0 aliphatic carbocycles. The third kappa shape index (κ3) is 4.26. The van der Waals surface area contributed by atoms with Crippen LogP contribution in [-0.2, 0) is 11.2 Å². The van der Waals surface area contributed by atoms with Gasteiger partial charge in [-0.25, -0.2) is 5.43 Å². The molecule has 0 saturated heterocycles. The fourth-order valence-corrected chi connectivity index (χ4v) is 1.86. The smallest absolute Gasteiger partial charge is 0.273 e. The van der Waals surface area contributed by atoms with Gasteiger partial charge in [-0.2, -0.15) is 5.10 Å². The Morgan fingerprint density at radius 2 is 1.86 bits per heavy atom. The Hall–Kier alpha value is -2.46. The minimum absolute atomic E-state index is 0.539. The van der Waals surface area contributed by atoms with Gasteiger partial charge in [0.25, 0.3) is 5.91 Å². The highest BCUT2D eigenvalue weighted by Crippen LogP contribution is 2.11. The quantitative estimate of drug-likeness (QED) is 0.653. The summed E-state index contributed by atoms with van der Waals surface area (Å²) >= 11 is 0. The maximum Gasteiger partial charge on any atom is 0.273 e. The molecule has 0 aromatic heterocycles. The molecule has 0 spiro atoms. The molecule has 0 unspecified atom stereocenters. The molecule has 4 nitrogen and oxygen atoms in total. The maximum atomic E-state index is 11.8. The van der Waals surface area contributed by atoms with Gasteiger partial charge in [0.15, 0.2) is 6.10 Å². The summed E-state index contributed by atoms with van der Waals surface area (Å²) in [6.07, 6.45) is 1.32. The number of hydrogen-bond donors (Lipinski definition) is 2. The maximum absolute atomic E-state index is 11.8. The van der Waals surface area contributed by atoms with Gasteiger partial charge in [0.05, 0.1) is 6.21 Å². The van der Waals surface area contributed by atoms with Crippen molar-refractivity contribution < 1.29 is 9.90 Å².